The Balaban J connectivity index is 0.000000640. The highest BCUT2D eigenvalue weighted by Crippen LogP contribution is 2.41. The summed E-state index contributed by atoms with van der Waals surface area (Å²) in [5.41, 5.74) is 0. The van der Waals surface area contributed by atoms with Gasteiger partial charge in [0.25, 0.3) is 10.1 Å². The molecule has 0 atom stereocenters. The van der Waals surface area contributed by atoms with E-state index in [0.717, 1.165) is 0 Å². The molecule has 1 saturated carbocycles. The molecular weight excluding hydrogens is 164 g/mol. The van der Waals surface area contributed by atoms with Crippen LogP contribution in [0.5, 0.6) is 0 Å². The molecule has 0 saturated heterocycles. The van der Waals surface area contributed by atoms with Gasteiger partial charge in [-0.3, -0.25) is 4.55 Å². The Morgan fingerprint density at radius 3 is 1.78 bits per heavy atom. The van der Waals surface area contributed by atoms with Crippen molar-refractivity contribution < 1.29 is 13.0 Å². The maximum absolute atomic E-state index is 10.3. The number of hydrogen-bond donors (Lipinski definition) is 1. The fourth-order valence-corrected chi connectivity index (χ4v) is 1.05. The van der Waals surface area contributed by atoms with Gasteiger partial charge in [-0.15, -0.1) is 12.4 Å². The Morgan fingerprint density at radius 2 is 1.78 bits per heavy atom. The fraction of sp³-hybridized carbons (Fsp3) is 1.00. The summed E-state index contributed by atoms with van der Waals surface area (Å²) in [6, 6.07) is 0. The van der Waals surface area contributed by atoms with Gasteiger partial charge in [0.15, 0.2) is 0 Å². The lowest BCUT2D eigenvalue weighted by atomic mass is 10.5. The first-order valence-electron chi connectivity index (χ1n) is 2.43. The summed E-state index contributed by atoms with van der Waals surface area (Å²) < 4.78 is 28.1. The third-order valence-electron chi connectivity index (χ3n) is 1.58. The van der Waals surface area contributed by atoms with E-state index in [9.17, 15) is 8.42 Å². The van der Waals surface area contributed by atoms with Crippen molar-refractivity contribution in [2.24, 2.45) is 0 Å². The lowest BCUT2D eigenvalue weighted by Gasteiger charge is -1.99. The SMILES string of the molecule is CC1(S(=O)(=O)O)CC1.Cl. The molecule has 0 aliphatic heterocycles. The maximum atomic E-state index is 10.3. The molecule has 0 spiro atoms. The van der Waals surface area contributed by atoms with Crippen LogP contribution in [0, 0.1) is 0 Å². The first-order valence-corrected chi connectivity index (χ1v) is 3.87. The minimum Gasteiger partial charge on any atom is -0.285 e. The van der Waals surface area contributed by atoms with Crippen molar-refractivity contribution in [1.82, 2.24) is 0 Å². The van der Waals surface area contributed by atoms with Crippen LogP contribution in [0.1, 0.15) is 19.8 Å². The van der Waals surface area contributed by atoms with Gasteiger partial charge in [-0.1, -0.05) is 0 Å². The molecule has 0 amide bonds. The minimum atomic E-state index is -3.73. The van der Waals surface area contributed by atoms with Crippen LogP contribution < -0.4 is 0 Å². The molecule has 9 heavy (non-hydrogen) atoms. The zero-order valence-corrected chi connectivity index (χ0v) is 6.63. The van der Waals surface area contributed by atoms with E-state index in [2.05, 4.69) is 0 Å². The monoisotopic (exact) mass is 172 g/mol. The normalized spacial score (nSPS) is 22.4. The lowest BCUT2D eigenvalue weighted by molar-refractivity contribution is 0.468. The number of rotatable bonds is 1. The van der Waals surface area contributed by atoms with Crippen molar-refractivity contribution in [3.8, 4) is 0 Å². The van der Waals surface area contributed by atoms with E-state index < -0.39 is 14.9 Å². The van der Waals surface area contributed by atoms with E-state index in [1.807, 2.05) is 0 Å². The molecule has 1 aliphatic rings. The van der Waals surface area contributed by atoms with Crippen LogP contribution in [0.15, 0.2) is 0 Å². The van der Waals surface area contributed by atoms with Crippen molar-refractivity contribution in [2.75, 3.05) is 0 Å². The third-order valence-corrected chi connectivity index (χ3v) is 3.23. The van der Waals surface area contributed by atoms with Crippen molar-refractivity contribution in [3.63, 3.8) is 0 Å². The molecule has 3 nitrogen and oxygen atoms in total. The molecule has 0 heterocycles. The first kappa shape index (κ1) is 9.20. The van der Waals surface area contributed by atoms with Gasteiger partial charge in [0.2, 0.25) is 0 Å². The third kappa shape index (κ3) is 1.56. The van der Waals surface area contributed by atoms with Gasteiger partial charge in [-0.2, -0.15) is 8.42 Å². The summed E-state index contributed by atoms with van der Waals surface area (Å²) in [6.07, 6.45) is 1.21. The second kappa shape index (κ2) is 2.11. The van der Waals surface area contributed by atoms with Gasteiger partial charge in [0.1, 0.15) is 0 Å². The molecule has 0 bridgehead atoms. The Bertz CT molecular complexity index is 192. The smallest absolute Gasteiger partial charge is 0.270 e. The highest BCUT2D eigenvalue weighted by atomic mass is 35.5. The highest BCUT2D eigenvalue weighted by molar-refractivity contribution is 7.87. The van der Waals surface area contributed by atoms with Gasteiger partial charge in [-0.05, 0) is 19.8 Å². The van der Waals surface area contributed by atoms with Crippen LogP contribution in [0.4, 0.5) is 0 Å². The summed E-state index contributed by atoms with van der Waals surface area (Å²) >= 11 is 0. The Kier molecular flexibility index (Phi) is 2.16. The van der Waals surface area contributed by atoms with E-state index in [0.29, 0.717) is 12.8 Å². The summed E-state index contributed by atoms with van der Waals surface area (Å²) in [5.74, 6) is 0. The van der Waals surface area contributed by atoms with Gasteiger partial charge < -0.3 is 0 Å². The zero-order valence-electron chi connectivity index (χ0n) is 4.99. The molecule has 1 rings (SSSR count). The second-order valence-corrected chi connectivity index (χ2v) is 4.36. The Hall–Kier alpha value is 0.200. The number of halogens is 1. The molecule has 5 heteroatoms. The predicted octanol–water partition coefficient (Wildman–Crippen LogP) is 0.849. The molecule has 0 radical (unpaired) electrons. The van der Waals surface area contributed by atoms with Crippen molar-refractivity contribution in [3.05, 3.63) is 0 Å². The van der Waals surface area contributed by atoms with E-state index in [1.54, 1.807) is 6.92 Å². The quantitative estimate of drug-likeness (QED) is 0.597. The van der Waals surface area contributed by atoms with E-state index in [1.165, 1.54) is 0 Å². The van der Waals surface area contributed by atoms with Gasteiger partial charge in [0.05, 0.1) is 4.75 Å². The van der Waals surface area contributed by atoms with Crippen molar-refractivity contribution >= 4 is 22.5 Å². The van der Waals surface area contributed by atoms with Gasteiger partial charge in [0, 0.05) is 0 Å². The number of hydrogen-bond acceptors (Lipinski definition) is 2. The van der Waals surface area contributed by atoms with E-state index >= 15 is 0 Å². The lowest BCUT2D eigenvalue weighted by Crippen LogP contribution is -2.16. The largest absolute Gasteiger partial charge is 0.285 e. The maximum Gasteiger partial charge on any atom is 0.270 e. The zero-order chi connectivity index (χ0) is 6.41. The van der Waals surface area contributed by atoms with Crippen LogP contribution in [0.3, 0.4) is 0 Å². The summed E-state index contributed by atoms with van der Waals surface area (Å²) in [5, 5.41) is 0. The first-order chi connectivity index (χ1) is 3.46. The molecule has 0 aromatic rings. The van der Waals surface area contributed by atoms with E-state index in [-0.39, 0.29) is 12.4 Å². The predicted molar refractivity (Wildman–Crippen MR) is 36.4 cm³/mol. The second-order valence-electron chi connectivity index (χ2n) is 2.42. The topological polar surface area (TPSA) is 54.4 Å². The van der Waals surface area contributed by atoms with Crippen LogP contribution in [0.25, 0.3) is 0 Å². The molecule has 0 aromatic carbocycles. The molecule has 1 N–H and O–H groups in total. The van der Waals surface area contributed by atoms with Gasteiger partial charge >= 0.3 is 0 Å². The van der Waals surface area contributed by atoms with Crippen LogP contribution in [-0.4, -0.2) is 17.7 Å². The molecule has 0 unspecified atom stereocenters. The summed E-state index contributed by atoms with van der Waals surface area (Å²) in [4.78, 5) is 0. The molecule has 56 valence electrons. The molecule has 1 fully saturated rings. The Labute approximate surface area is 60.6 Å². The molecular formula is C4H9ClO3S. The molecule has 1 aliphatic carbocycles. The van der Waals surface area contributed by atoms with Gasteiger partial charge in [-0.25, -0.2) is 0 Å². The summed E-state index contributed by atoms with van der Waals surface area (Å²) in [6.45, 7) is 1.54. The standard InChI is InChI=1S/C4H8O3S.ClH/c1-4(2-3-4)8(5,6)7;/h2-3H2,1H3,(H,5,6,7);1H. The average Bonchev–Trinajstić information content (AvgIpc) is 2.16. The Morgan fingerprint density at radius 1 is 1.44 bits per heavy atom. The average molecular weight is 173 g/mol. The highest BCUT2D eigenvalue weighted by Gasteiger charge is 2.49. The van der Waals surface area contributed by atoms with Crippen molar-refractivity contribution in [2.45, 2.75) is 24.5 Å². The van der Waals surface area contributed by atoms with Crippen LogP contribution in [0.2, 0.25) is 0 Å². The minimum absolute atomic E-state index is 0. The van der Waals surface area contributed by atoms with Crippen molar-refractivity contribution in [1.29, 1.82) is 0 Å². The molecule has 0 aromatic heterocycles. The van der Waals surface area contributed by atoms with E-state index in [4.69, 9.17) is 4.55 Å². The summed E-state index contributed by atoms with van der Waals surface area (Å²) in [7, 11) is -3.73. The fourth-order valence-electron chi connectivity index (χ4n) is 0.434. The van der Waals surface area contributed by atoms with Crippen LogP contribution >= 0.6 is 12.4 Å². The van der Waals surface area contributed by atoms with Crippen LogP contribution in [-0.2, 0) is 10.1 Å².